The molecule has 0 spiro atoms. The van der Waals surface area contributed by atoms with Crippen molar-refractivity contribution in [3.05, 3.63) is 29.3 Å². The molecule has 1 aromatic carbocycles. The van der Waals surface area contributed by atoms with Gasteiger partial charge in [0.15, 0.2) is 0 Å². The molecule has 1 aliphatic carbocycles. The number of hydrogen-bond donors (Lipinski definition) is 2. The van der Waals surface area contributed by atoms with Gasteiger partial charge in [-0.1, -0.05) is 13.0 Å². The van der Waals surface area contributed by atoms with Crippen LogP contribution in [-0.2, 0) is 22.9 Å². The summed E-state index contributed by atoms with van der Waals surface area (Å²) in [6.45, 7) is 4.63. The maximum Gasteiger partial charge on any atom is 0.240 e. The molecule has 124 valence electrons. The van der Waals surface area contributed by atoms with Gasteiger partial charge in [0.25, 0.3) is 0 Å². The lowest BCUT2D eigenvalue weighted by Crippen LogP contribution is -2.42. The molecule has 22 heavy (non-hydrogen) atoms. The summed E-state index contributed by atoms with van der Waals surface area (Å²) in [7, 11) is -3.39. The molecule has 0 amide bonds. The van der Waals surface area contributed by atoms with Crippen LogP contribution in [0.1, 0.15) is 37.3 Å². The molecule has 0 bridgehead atoms. The molecule has 1 aliphatic heterocycles. The molecule has 1 fully saturated rings. The number of benzene rings is 1. The van der Waals surface area contributed by atoms with Crippen molar-refractivity contribution in [1.82, 2.24) is 10.0 Å². The van der Waals surface area contributed by atoms with Crippen molar-refractivity contribution in [3.63, 3.8) is 0 Å². The van der Waals surface area contributed by atoms with Crippen LogP contribution >= 0.6 is 12.4 Å². The number of rotatable bonds is 4. The van der Waals surface area contributed by atoms with Crippen LogP contribution in [0.5, 0.6) is 0 Å². The van der Waals surface area contributed by atoms with E-state index in [1.165, 1.54) is 11.1 Å². The van der Waals surface area contributed by atoms with Gasteiger partial charge in [-0.3, -0.25) is 0 Å². The van der Waals surface area contributed by atoms with E-state index in [1.807, 2.05) is 12.1 Å². The molecule has 2 aliphatic rings. The van der Waals surface area contributed by atoms with Gasteiger partial charge in [0.05, 0.1) is 4.90 Å². The Balaban J connectivity index is 0.00000176. The Morgan fingerprint density at radius 2 is 1.86 bits per heavy atom. The van der Waals surface area contributed by atoms with Gasteiger partial charge in [-0.2, -0.15) is 0 Å². The zero-order valence-electron chi connectivity index (χ0n) is 13.0. The van der Waals surface area contributed by atoms with E-state index in [0.29, 0.717) is 11.4 Å². The molecular weight excluding hydrogens is 320 g/mol. The third kappa shape index (κ3) is 3.82. The number of hydrogen-bond acceptors (Lipinski definition) is 3. The van der Waals surface area contributed by atoms with Gasteiger partial charge >= 0.3 is 0 Å². The molecule has 0 atom stereocenters. The minimum absolute atomic E-state index is 0. The van der Waals surface area contributed by atoms with Crippen molar-refractivity contribution < 1.29 is 8.42 Å². The molecule has 2 N–H and O–H groups in total. The normalized spacial score (nSPS) is 20.2. The van der Waals surface area contributed by atoms with Crippen LogP contribution in [0.4, 0.5) is 0 Å². The van der Waals surface area contributed by atoms with E-state index in [1.54, 1.807) is 6.07 Å². The number of sulfonamides is 1. The first-order chi connectivity index (χ1) is 9.99. The molecule has 0 saturated carbocycles. The lowest BCUT2D eigenvalue weighted by atomic mass is 9.81. The van der Waals surface area contributed by atoms with Crippen LogP contribution in [0.25, 0.3) is 0 Å². The highest BCUT2D eigenvalue weighted by Gasteiger charge is 2.29. The summed E-state index contributed by atoms with van der Waals surface area (Å²) < 4.78 is 27.8. The highest BCUT2D eigenvalue weighted by atomic mass is 35.5. The summed E-state index contributed by atoms with van der Waals surface area (Å²) in [4.78, 5) is 0.417. The SMILES string of the molecule is CC1(CNS(=O)(=O)c2ccc3c(c2)CCC3)CCNCC1.Cl. The predicted molar refractivity (Wildman–Crippen MR) is 91.1 cm³/mol. The number of halogens is 1. The van der Waals surface area contributed by atoms with Gasteiger partial charge in [-0.05, 0) is 73.9 Å². The van der Waals surface area contributed by atoms with E-state index in [9.17, 15) is 8.42 Å². The molecule has 0 radical (unpaired) electrons. The van der Waals surface area contributed by atoms with Gasteiger partial charge in [0, 0.05) is 6.54 Å². The monoisotopic (exact) mass is 344 g/mol. The molecule has 1 aromatic rings. The standard InChI is InChI=1S/C16H24N2O2S.ClH/c1-16(7-9-17-10-8-16)12-18-21(19,20)15-6-5-13-3-2-4-14(13)11-15;/h5-6,11,17-18H,2-4,7-10,12H2,1H3;1H. The summed E-state index contributed by atoms with van der Waals surface area (Å²) in [5.74, 6) is 0. The number of fused-ring (bicyclic) bond motifs is 1. The Bertz CT molecular complexity index is 625. The van der Waals surface area contributed by atoms with Crippen molar-refractivity contribution >= 4 is 22.4 Å². The third-order valence-corrected chi connectivity index (χ3v) is 6.28. The van der Waals surface area contributed by atoms with Gasteiger partial charge in [-0.25, -0.2) is 13.1 Å². The van der Waals surface area contributed by atoms with Crippen LogP contribution < -0.4 is 10.0 Å². The van der Waals surface area contributed by atoms with Crippen LogP contribution in [0.15, 0.2) is 23.1 Å². The number of piperidine rings is 1. The Labute approximate surface area is 139 Å². The third-order valence-electron chi connectivity index (χ3n) is 4.88. The van der Waals surface area contributed by atoms with Crippen molar-refractivity contribution in [3.8, 4) is 0 Å². The highest BCUT2D eigenvalue weighted by Crippen LogP contribution is 2.28. The smallest absolute Gasteiger partial charge is 0.240 e. The van der Waals surface area contributed by atoms with E-state index in [-0.39, 0.29) is 17.8 Å². The Morgan fingerprint density at radius 3 is 2.59 bits per heavy atom. The topological polar surface area (TPSA) is 58.2 Å². The highest BCUT2D eigenvalue weighted by molar-refractivity contribution is 7.89. The summed E-state index contributed by atoms with van der Waals surface area (Å²) in [6.07, 6.45) is 5.24. The largest absolute Gasteiger partial charge is 0.317 e. The van der Waals surface area contributed by atoms with Gasteiger partial charge in [0.1, 0.15) is 0 Å². The van der Waals surface area contributed by atoms with Crippen molar-refractivity contribution in [1.29, 1.82) is 0 Å². The minimum Gasteiger partial charge on any atom is -0.317 e. The molecule has 4 nitrogen and oxygen atoms in total. The fourth-order valence-electron chi connectivity index (χ4n) is 3.28. The Morgan fingerprint density at radius 1 is 1.18 bits per heavy atom. The van der Waals surface area contributed by atoms with Crippen molar-refractivity contribution in [2.24, 2.45) is 5.41 Å². The summed E-state index contributed by atoms with van der Waals surface area (Å²) in [5, 5.41) is 3.32. The van der Waals surface area contributed by atoms with Crippen LogP contribution in [-0.4, -0.2) is 28.1 Å². The summed E-state index contributed by atoms with van der Waals surface area (Å²) >= 11 is 0. The van der Waals surface area contributed by atoms with Crippen LogP contribution in [0.3, 0.4) is 0 Å². The zero-order chi connectivity index (χ0) is 14.9. The second-order valence-electron chi connectivity index (χ2n) is 6.67. The van der Waals surface area contributed by atoms with E-state index in [4.69, 9.17) is 0 Å². The average molecular weight is 345 g/mol. The van der Waals surface area contributed by atoms with E-state index in [0.717, 1.165) is 45.2 Å². The fraction of sp³-hybridized carbons (Fsp3) is 0.625. The molecule has 6 heteroatoms. The van der Waals surface area contributed by atoms with Gasteiger partial charge in [-0.15, -0.1) is 12.4 Å². The Hall–Kier alpha value is -0.620. The van der Waals surface area contributed by atoms with Gasteiger partial charge in [0.2, 0.25) is 10.0 Å². The van der Waals surface area contributed by atoms with E-state index >= 15 is 0 Å². The number of nitrogens with one attached hydrogen (secondary N) is 2. The second-order valence-corrected chi connectivity index (χ2v) is 8.44. The lowest BCUT2D eigenvalue weighted by molar-refractivity contribution is 0.232. The first kappa shape index (κ1) is 17.7. The molecule has 0 unspecified atom stereocenters. The Kier molecular flexibility index (Phi) is 5.54. The fourth-order valence-corrected chi connectivity index (χ4v) is 4.52. The quantitative estimate of drug-likeness (QED) is 0.880. The van der Waals surface area contributed by atoms with Crippen LogP contribution in [0, 0.1) is 5.41 Å². The molecule has 1 heterocycles. The summed E-state index contributed by atoms with van der Waals surface area (Å²) in [5.41, 5.74) is 2.57. The number of aryl methyl sites for hydroxylation is 2. The first-order valence-electron chi connectivity index (χ1n) is 7.81. The summed E-state index contributed by atoms with van der Waals surface area (Å²) in [6, 6.07) is 5.58. The maximum absolute atomic E-state index is 12.5. The molecular formula is C16H25ClN2O2S. The first-order valence-corrected chi connectivity index (χ1v) is 9.29. The second kappa shape index (κ2) is 6.87. The van der Waals surface area contributed by atoms with Crippen molar-refractivity contribution in [2.75, 3.05) is 19.6 Å². The maximum atomic E-state index is 12.5. The molecule has 3 rings (SSSR count). The lowest BCUT2D eigenvalue weighted by Gasteiger charge is -2.34. The average Bonchev–Trinajstić information content (AvgIpc) is 2.94. The van der Waals surface area contributed by atoms with E-state index < -0.39 is 10.0 Å². The van der Waals surface area contributed by atoms with E-state index in [2.05, 4.69) is 17.0 Å². The van der Waals surface area contributed by atoms with Gasteiger partial charge < -0.3 is 5.32 Å². The zero-order valence-corrected chi connectivity index (χ0v) is 14.7. The van der Waals surface area contributed by atoms with Crippen molar-refractivity contribution in [2.45, 2.75) is 43.9 Å². The van der Waals surface area contributed by atoms with Crippen LogP contribution in [0.2, 0.25) is 0 Å². The molecule has 1 saturated heterocycles. The minimum atomic E-state index is -3.39. The predicted octanol–water partition coefficient (Wildman–Crippen LogP) is 2.27. The molecule has 0 aromatic heterocycles.